The summed E-state index contributed by atoms with van der Waals surface area (Å²) in [6.07, 6.45) is -0.916. The molecular weight excluding hydrogens is 344 g/mol. The molecule has 0 aliphatic carbocycles. The van der Waals surface area contributed by atoms with E-state index in [2.05, 4.69) is 5.32 Å². The largest absolute Gasteiger partial charge is 0.486 e. The van der Waals surface area contributed by atoms with Crippen LogP contribution in [-0.2, 0) is 6.54 Å². The summed E-state index contributed by atoms with van der Waals surface area (Å²) in [5.41, 5.74) is 7.54. The minimum atomic E-state index is -0.916. The van der Waals surface area contributed by atoms with Gasteiger partial charge in [0.05, 0.1) is 11.1 Å². The van der Waals surface area contributed by atoms with Crippen LogP contribution >= 0.6 is 11.6 Å². The molecule has 1 atom stereocenters. The number of amides is 1. The molecule has 4 N–H and O–H groups in total. The van der Waals surface area contributed by atoms with Crippen LogP contribution in [0.4, 0.5) is 0 Å². The minimum absolute atomic E-state index is 0.0491. The van der Waals surface area contributed by atoms with E-state index in [4.69, 9.17) is 26.8 Å². The van der Waals surface area contributed by atoms with Crippen LogP contribution in [0.2, 0.25) is 5.02 Å². The van der Waals surface area contributed by atoms with Gasteiger partial charge in [-0.1, -0.05) is 23.7 Å². The number of fused-ring (bicyclic) bond motifs is 1. The number of nitrogens with two attached hydrogens (primary N) is 1. The quantitative estimate of drug-likeness (QED) is 0.756. The first-order chi connectivity index (χ1) is 12.1. The molecule has 1 aliphatic rings. The van der Waals surface area contributed by atoms with Crippen LogP contribution in [0.15, 0.2) is 36.4 Å². The second-order valence-electron chi connectivity index (χ2n) is 5.65. The number of aliphatic hydroxyl groups is 1. The Balaban J connectivity index is 1.64. The first kappa shape index (κ1) is 17.5. The monoisotopic (exact) mass is 362 g/mol. The summed E-state index contributed by atoms with van der Waals surface area (Å²) < 4.78 is 10.9. The lowest BCUT2D eigenvalue weighted by Gasteiger charge is -2.21. The number of hydrogen-bond donors (Lipinski definition) is 3. The third-order valence-corrected chi connectivity index (χ3v) is 4.19. The number of hydrogen-bond acceptors (Lipinski definition) is 5. The lowest BCUT2D eigenvalue weighted by atomic mass is 10.1. The Bertz CT molecular complexity index is 764. The zero-order valence-electron chi connectivity index (χ0n) is 13.5. The maximum atomic E-state index is 12.2. The lowest BCUT2D eigenvalue weighted by Crippen LogP contribution is -2.28. The van der Waals surface area contributed by atoms with E-state index in [9.17, 15) is 9.90 Å². The van der Waals surface area contributed by atoms with Crippen molar-refractivity contribution in [1.29, 1.82) is 0 Å². The summed E-state index contributed by atoms with van der Waals surface area (Å²) in [6, 6.07) is 10.3. The van der Waals surface area contributed by atoms with Crippen LogP contribution in [0.3, 0.4) is 0 Å². The van der Waals surface area contributed by atoms with Crippen molar-refractivity contribution >= 4 is 17.5 Å². The van der Waals surface area contributed by atoms with Crippen molar-refractivity contribution in [3.05, 3.63) is 58.1 Å². The Morgan fingerprint density at radius 1 is 1.24 bits per heavy atom. The molecule has 0 spiro atoms. The first-order valence-electron chi connectivity index (χ1n) is 7.93. The molecule has 1 amide bonds. The summed E-state index contributed by atoms with van der Waals surface area (Å²) in [5, 5.41) is 13.4. The van der Waals surface area contributed by atoms with Gasteiger partial charge in [-0.05, 0) is 35.4 Å². The fraction of sp³-hybridized carbons (Fsp3) is 0.278. The van der Waals surface area contributed by atoms with Crippen molar-refractivity contribution in [2.45, 2.75) is 12.6 Å². The molecule has 0 radical (unpaired) electrons. The third-order valence-electron chi connectivity index (χ3n) is 3.91. The van der Waals surface area contributed by atoms with Gasteiger partial charge in [-0.25, -0.2) is 0 Å². The molecule has 0 saturated carbocycles. The zero-order valence-corrected chi connectivity index (χ0v) is 14.3. The van der Waals surface area contributed by atoms with Crippen molar-refractivity contribution in [1.82, 2.24) is 5.32 Å². The van der Waals surface area contributed by atoms with Crippen molar-refractivity contribution in [2.75, 3.05) is 19.8 Å². The standard InChI is InChI=1S/C18H19ClN2O4/c19-14-7-13(8-16-17(14)25-6-5-24-16)15(22)10-21-18(23)12-3-1-11(9-20)2-4-12/h1-4,7-8,15,22H,5-6,9-10,20H2,(H,21,23). The molecule has 25 heavy (non-hydrogen) atoms. The number of benzene rings is 2. The second kappa shape index (κ2) is 7.74. The Morgan fingerprint density at radius 2 is 1.96 bits per heavy atom. The number of halogens is 1. The molecule has 0 fully saturated rings. The van der Waals surface area contributed by atoms with E-state index in [1.165, 1.54) is 0 Å². The van der Waals surface area contributed by atoms with Gasteiger partial charge in [0.15, 0.2) is 11.5 Å². The maximum Gasteiger partial charge on any atom is 0.251 e. The van der Waals surface area contributed by atoms with Gasteiger partial charge in [0.25, 0.3) is 5.91 Å². The summed E-state index contributed by atoms with van der Waals surface area (Å²) in [6.45, 7) is 1.34. The van der Waals surface area contributed by atoms with Gasteiger partial charge in [0.1, 0.15) is 13.2 Å². The SMILES string of the molecule is NCc1ccc(C(=O)NCC(O)c2cc(Cl)c3c(c2)OCCO3)cc1. The predicted molar refractivity (Wildman–Crippen MR) is 94.1 cm³/mol. The number of aliphatic hydroxyl groups excluding tert-OH is 1. The Hall–Kier alpha value is -2.28. The summed E-state index contributed by atoms with van der Waals surface area (Å²) in [7, 11) is 0. The summed E-state index contributed by atoms with van der Waals surface area (Å²) in [5.74, 6) is 0.704. The van der Waals surface area contributed by atoms with Crippen LogP contribution < -0.4 is 20.5 Å². The predicted octanol–water partition coefficient (Wildman–Crippen LogP) is 2.03. The average molecular weight is 363 g/mol. The Morgan fingerprint density at radius 3 is 2.68 bits per heavy atom. The fourth-order valence-electron chi connectivity index (χ4n) is 2.52. The Kier molecular flexibility index (Phi) is 5.43. The number of nitrogens with one attached hydrogen (secondary N) is 1. The van der Waals surface area contributed by atoms with E-state index < -0.39 is 6.10 Å². The van der Waals surface area contributed by atoms with Crippen molar-refractivity contribution in [3.63, 3.8) is 0 Å². The number of rotatable bonds is 5. The topological polar surface area (TPSA) is 93.8 Å². The van der Waals surface area contributed by atoms with Gasteiger partial charge in [-0.3, -0.25) is 4.79 Å². The van der Waals surface area contributed by atoms with Crippen LogP contribution in [-0.4, -0.2) is 30.8 Å². The third kappa shape index (κ3) is 4.04. The number of ether oxygens (including phenoxy) is 2. The van der Waals surface area contributed by atoms with Gasteiger partial charge in [-0.15, -0.1) is 0 Å². The molecule has 1 aliphatic heterocycles. The van der Waals surface area contributed by atoms with Crippen LogP contribution in [0.25, 0.3) is 0 Å². The summed E-state index contributed by atoms with van der Waals surface area (Å²) in [4.78, 5) is 12.2. The average Bonchev–Trinajstić information content (AvgIpc) is 2.65. The fourth-order valence-corrected chi connectivity index (χ4v) is 2.80. The Labute approximate surface area is 150 Å². The van der Waals surface area contributed by atoms with E-state index >= 15 is 0 Å². The molecule has 2 aromatic carbocycles. The summed E-state index contributed by atoms with van der Waals surface area (Å²) >= 11 is 6.16. The van der Waals surface area contributed by atoms with Gasteiger partial charge in [0, 0.05) is 18.7 Å². The number of carbonyl (C=O) groups excluding carboxylic acids is 1. The van der Waals surface area contributed by atoms with Crippen molar-refractivity contribution in [3.8, 4) is 11.5 Å². The highest BCUT2D eigenvalue weighted by atomic mass is 35.5. The van der Waals surface area contributed by atoms with Crippen LogP contribution in [0, 0.1) is 0 Å². The van der Waals surface area contributed by atoms with Crippen molar-refractivity contribution < 1.29 is 19.4 Å². The smallest absolute Gasteiger partial charge is 0.251 e. The van der Waals surface area contributed by atoms with E-state index in [1.807, 2.05) is 0 Å². The maximum absolute atomic E-state index is 12.2. The van der Waals surface area contributed by atoms with E-state index in [1.54, 1.807) is 36.4 Å². The number of carbonyl (C=O) groups is 1. The highest BCUT2D eigenvalue weighted by Gasteiger charge is 2.20. The molecule has 1 unspecified atom stereocenters. The van der Waals surface area contributed by atoms with Crippen LogP contribution in [0.1, 0.15) is 27.6 Å². The highest BCUT2D eigenvalue weighted by Crippen LogP contribution is 2.39. The molecule has 0 bridgehead atoms. The lowest BCUT2D eigenvalue weighted by molar-refractivity contribution is 0.0916. The molecule has 3 rings (SSSR count). The van der Waals surface area contributed by atoms with E-state index in [0.29, 0.717) is 47.4 Å². The van der Waals surface area contributed by atoms with Gasteiger partial charge < -0.3 is 25.6 Å². The molecule has 6 nitrogen and oxygen atoms in total. The molecule has 0 saturated heterocycles. The molecule has 2 aromatic rings. The molecule has 1 heterocycles. The minimum Gasteiger partial charge on any atom is -0.486 e. The zero-order chi connectivity index (χ0) is 17.8. The molecular formula is C18H19ClN2O4. The molecule has 0 aromatic heterocycles. The van der Waals surface area contributed by atoms with E-state index in [-0.39, 0.29) is 12.5 Å². The van der Waals surface area contributed by atoms with E-state index in [0.717, 1.165) is 5.56 Å². The van der Waals surface area contributed by atoms with Gasteiger partial charge in [0.2, 0.25) is 0 Å². The molecule has 132 valence electrons. The normalized spacial score (nSPS) is 14.0. The van der Waals surface area contributed by atoms with Gasteiger partial charge >= 0.3 is 0 Å². The van der Waals surface area contributed by atoms with Crippen molar-refractivity contribution in [2.24, 2.45) is 5.73 Å². The van der Waals surface area contributed by atoms with Gasteiger partial charge in [-0.2, -0.15) is 0 Å². The second-order valence-corrected chi connectivity index (χ2v) is 6.06. The van der Waals surface area contributed by atoms with Crippen LogP contribution in [0.5, 0.6) is 11.5 Å². The first-order valence-corrected chi connectivity index (χ1v) is 8.30. The molecule has 7 heteroatoms. The highest BCUT2D eigenvalue weighted by molar-refractivity contribution is 6.32.